The molecule has 4 aliphatic heterocycles. The summed E-state index contributed by atoms with van der Waals surface area (Å²) in [7, 11) is 0. The van der Waals surface area contributed by atoms with Crippen LogP contribution in [0.2, 0.25) is 0 Å². The molecule has 3 fully saturated rings. The second kappa shape index (κ2) is 4.64. The molecule has 4 aliphatic rings. The number of ether oxygens (including phenoxy) is 2. The Kier molecular flexibility index (Phi) is 2.87. The standard InChI is InChI=1S/C14H16N2O5/c17-10(15-3-5-20-6-4-15)7-16-13(18)11-8-1-2-9(21-8)12(11)14(16)19/h1-2,8-9,11-12H,3-7H2/t8-,9+,11-,12-/m0/s1. The number of hydrogen-bond acceptors (Lipinski definition) is 5. The van der Waals surface area contributed by atoms with Crippen LogP contribution in [-0.4, -0.2) is 72.6 Å². The van der Waals surface area contributed by atoms with E-state index in [0.717, 1.165) is 4.90 Å². The highest BCUT2D eigenvalue weighted by Gasteiger charge is 2.60. The average molecular weight is 292 g/mol. The number of rotatable bonds is 2. The van der Waals surface area contributed by atoms with Crippen molar-refractivity contribution in [2.24, 2.45) is 11.8 Å². The summed E-state index contributed by atoms with van der Waals surface area (Å²) < 4.78 is 10.8. The van der Waals surface area contributed by atoms with E-state index in [-0.39, 0.29) is 36.5 Å². The summed E-state index contributed by atoms with van der Waals surface area (Å²) in [6.07, 6.45) is 3.06. The molecule has 0 spiro atoms. The maximum Gasteiger partial charge on any atom is 0.242 e. The number of carbonyl (C=O) groups is 3. The van der Waals surface area contributed by atoms with Gasteiger partial charge in [-0.15, -0.1) is 0 Å². The molecule has 0 aromatic carbocycles. The Hall–Kier alpha value is -1.73. The minimum Gasteiger partial charge on any atom is -0.378 e. The van der Waals surface area contributed by atoms with E-state index in [9.17, 15) is 14.4 Å². The normalized spacial score (nSPS) is 37.5. The van der Waals surface area contributed by atoms with Crippen molar-refractivity contribution in [3.63, 3.8) is 0 Å². The zero-order valence-corrected chi connectivity index (χ0v) is 11.4. The zero-order chi connectivity index (χ0) is 14.6. The molecule has 3 saturated heterocycles. The number of likely N-dealkylation sites (tertiary alicyclic amines) is 1. The Morgan fingerprint density at radius 2 is 1.67 bits per heavy atom. The molecule has 0 aromatic rings. The van der Waals surface area contributed by atoms with Gasteiger partial charge in [-0.1, -0.05) is 12.2 Å². The van der Waals surface area contributed by atoms with Gasteiger partial charge < -0.3 is 14.4 Å². The van der Waals surface area contributed by atoms with Gasteiger partial charge in [0.25, 0.3) is 0 Å². The van der Waals surface area contributed by atoms with E-state index in [2.05, 4.69) is 0 Å². The smallest absolute Gasteiger partial charge is 0.242 e. The van der Waals surface area contributed by atoms with Gasteiger partial charge in [-0.2, -0.15) is 0 Å². The van der Waals surface area contributed by atoms with Gasteiger partial charge in [-0.05, 0) is 0 Å². The first kappa shape index (κ1) is 13.0. The first-order valence-corrected chi connectivity index (χ1v) is 7.21. The molecule has 0 radical (unpaired) electrons. The van der Waals surface area contributed by atoms with Crippen LogP contribution in [0.25, 0.3) is 0 Å². The van der Waals surface area contributed by atoms with Gasteiger partial charge >= 0.3 is 0 Å². The number of imide groups is 1. The van der Waals surface area contributed by atoms with E-state index in [1.807, 2.05) is 12.2 Å². The van der Waals surface area contributed by atoms with Crippen LogP contribution in [0, 0.1) is 11.8 Å². The molecular formula is C14H16N2O5. The van der Waals surface area contributed by atoms with Crippen molar-refractivity contribution in [2.45, 2.75) is 12.2 Å². The number of morpholine rings is 1. The molecule has 3 amide bonds. The fourth-order valence-corrected chi connectivity index (χ4v) is 3.57. The Bertz CT molecular complexity index is 509. The van der Waals surface area contributed by atoms with Gasteiger partial charge in [-0.3, -0.25) is 19.3 Å². The van der Waals surface area contributed by atoms with Crippen LogP contribution < -0.4 is 0 Å². The minimum absolute atomic E-state index is 0.163. The number of hydrogen-bond donors (Lipinski definition) is 0. The van der Waals surface area contributed by atoms with Crippen molar-refractivity contribution >= 4 is 17.7 Å². The predicted octanol–water partition coefficient (Wildman–Crippen LogP) is -1.22. The second-order valence-corrected chi connectivity index (χ2v) is 5.76. The number of carbonyl (C=O) groups excluding carboxylic acids is 3. The van der Waals surface area contributed by atoms with Crippen molar-refractivity contribution < 1.29 is 23.9 Å². The maximum absolute atomic E-state index is 12.4. The SMILES string of the molecule is O=C(CN1C(=O)[C@@H]2[C@@H](C1=O)[C@H]1C=C[C@@H]2O1)N1CCOCC1. The summed E-state index contributed by atoms with van der Waals surface area (Å²) in [6, 6.07) is 0. The topological polar surface area (TPSA) is 76.2 Å². The van der Waals surface area contributed by atoms with E-state index in [4.69, 9.17) is 9.47 Å². The minimum atomic E-state index is -0.440. The van der Waals surface area contributed by atoms with Crippen molar-refractivity contribution in [3.05, 3.63) is 12.2 Å². The Balaban J connectivity index is 1.48. The Morgan fingerprint density at radius 3 is 2.24 bits per heavy atom. The fourth-order valence-electron chi connectivity index (χ4n) is 3.57. The number of fused-ring (bicyclic) bond motifs is 5. The van der Waals surface area contributed by atoms with Crippen molar-refractivity contribution in [2.75, 3.05) is 32.8 Å². The molecule has 21 heavy (non-hydrogen) atoms. The molecular weight excluding hydrogens is 276 g/mol. The highest BCUT2D eigenvalue weighted by molar-refractivity contribution is 6.08. The third kappa shape index (κ3) is 1.84. The zero-order valence-electron chi connectivity index (χ0n) is 11.4. The van der Waals surface area contributed by atoms with Gasteiger partial charge in [0, 0.05) is 13.1 Å². The molecule has 7 heteroatoms. The average Bonchev–Trinajstić information content (AvgIpc) is 3.18. The molecule has 7 nitrogen and oxygen atoms in total. The van der Waals surface area contributed by atoms with Crippen molar-refractivity contribution in [1.29, 1.82) is 0 Å². The summed E-state index contributed by atoms with van der Waals surface area (Å²) in [5, 5.41) is 0. The quantitative estimate of drug-likeness (QED) is 0.471. The van der Waals surface area contributed by atoms with Crippen LogP contribution in [-0.2, 0) is 23.9 Å². The first-order valence-electron chi connectivity index (χ1n) is 7.21. The molecule has 0 N–H and O–H groups in total. The van der Waals surface area contributed by atoms with Crippen LogP contribution in [0.15, 0.2) is 12.2 Å². The summed E-state index contributed by atoms with van der Waals surface area (Å²) in [4.78, 5) is 39.8. The Morgan fingerprint density at radius 1 is 1.10 bits per heavy atom. The van der Waals surface area contributed by atoms with Crippen molar-refractivity contribution in [3.8, 4) is 0 Å². The summed E-state index contributed by atoms with van der Waals surface area (Å²) >= 11 is 0. The monoisotopic (exact) mass is 292 g/mol. The van der Waals surface area contributed by atoms with Gasteiger partial charge in [0.15, 0.2) is 0 Å². The van der Waals surface area contributed by atoms with Gasteiger partial charge in [0.05, 0.1) is 37.3 Å². The molecule has 2 bridgehead atoms. The third-order valence-corrected chi connectivity index (χ3v) is 4.66. The lowest BCUT2D eigenvalue weighted by Gasteiger charge is -2.28. The van der Waals surface area contributed by atoms with Gasteiger partial charge in [-0.25, -0.2) is 0 Å². The van der Waals surface area contributed by atoms with Crippen molar-refractivity contribution in [1.82, 2.24) is 9.80 Å². The van der Waals surface area contributed by atoms with E-state index in [0.29, 0.717) is 26.3 Å². The van der Waals surface area contributed by atoms with E-state index in [1.54, 1.807) is 4.90 Å². The maximum atomic E-state index is 12.4. The molecule has 0 unspecified atom stereocenters. The molecule has 4 rings (SSSR count). The third-order valence-electron chi connectivity index (χ3n) is 4.66. The Labute approximate surface area is 121 Å². The van der Waals surface area contributed by atoms with Crippen LogP contribution >= 0.6 is 0 Å². The number of amides is 3. The molecule has 4 heterocycles. The van der Waals surface area contributed by atoms with Crippen LogP contribution in [0.4, 0.5) is 0 Å². The molecule has 0 aliphatic carbocycles. The highest BCUT2D eigenvalue weighted by atomic mass is 16.5. The predicted molar refractivity (Wildman–Crippen MR) is 68.9 cm³/mol. The summed E-state index contributed by atoms with van der Waals surface area (Å²) in [5.41, 5.74) is 0. The van der Waals surface area contributed by atoms with E-state index < -0.39 is 11.8 Å². The van der Waals surface area contributed by atoms with Gasteiger partial charge in [0.1, 0.15) is 6.54 Å². The fraction of sp³-hybridized carbons (Fsp3) is 0.643. The summed E-state index contributed by atoms with van der Waals surface area (Å²) in [5.74, 6) is -1.62. The number of nitrogens with zero attached hydrogens (tertiary/aromatic N) is 2. The summed E-state index contributed by atoms with van der Waals surface area (Å²) in [6.45, 7) is 1.86. The largest absolute Gasteiger partial charge is 0.378 e. The van der Waals surface area contributed by atoms with Crippen LogP contribution in [0.3, 0.4) is 0 Å². The van der Waals surface area contributed by atoms with E-state index >= 15 is 0 Å². The lowest BCUT2D eigenvalue weighted by atomic mass is 9.85. The molecule has 4 atom stereocenters. The second-order valence-electron chi connectivity index (χ2n) is 5.76. The first-order chi connectivity index (χ1) is 10.2. The van der Waals surface area contributed by atoms with Gasteiger partial charge in [0.2, 0.25) is 17.7 Å². The van der Waals surface area contributed by atoms with Crippen LogP contribution in [0.5, 0.6) is 0 Å². The highest BCUT2D eigenvalue weighted by Crippen LogP contribution is 2.44. The lowest BCUT2D eigenvalue weighted by Crippen LogP contribution is -2.47. The molecule has 112 valence electrons. The van der Waals surface area contributed by atoms with Crippen LogP contribution in [0.1, 0.15) is 0 Å². The molecule has 0 saturated carbocycles. The molecule has 0 aromatic heterocycles. The lowest BCUT2D eigenvalue weighted by molar-refractivity contribution is -0.149. The van der Waals surface area contributed by atoms with E-state index in [1.165, 1.54) is 0 Å².